The van der Waals surface area contributed by atoms with Gasteiger partial charge in [0.15, 0.2) is 0 Å². The van der Waals surface area contributed by atoms with Gasteiger partial charge >= 0.3 is 12.0 Å². The molecule has 2 amide bonds. The summed E-state index contributed by atoms with van der Waals surface area (Å²) in [5, 5.41) is 11.7. The van der Waals surface area contributed by atoms with E-state index in [9.17, 15) is 9.59 Å². The van der Waals surface area contributed by atoms with Gasteiger partial charge in [0, 0.05) is 29.1 Å². The number of hydrogen-bond donors (Lipinski definition) is 2. The van der Waals surface area contributed by atoms with E-state index in [2.05, 4.69) is 21.2 Å². The maximum atomic E-state index is 12.0. The number of hydrogen-bond acceptors (Lipinski definition) is 3. The molecule has 7 heteroatoms. The number of benzene rings is 1. The second-order valence-corrected chi connectivity index (χ2v) is 6.11. The Morgan fingerprint density at radius 2 is 2.00 bits per heavy atom. The van der Waals surface area contributed by atoms with Crippen LogP contribution in [0.5, 0.6) is 0 Å². The molecule has 1 saturated heterocycles. The van der Waals surface area contributed by atoms with Crippen LogP contribution in [-0.4, -0.2) is 46.6 Å². The van der Waals surface area contributed by atoms with Gasteiger partial charge in [0.25, 0.3) is 0 Å². The third kappa shape index (κ3) is 3.63. The Morgan fingerprint density at radius 3 is 2.63 bits per heavy atom. The molecule has 0 spiro atoms. The minimum absolute atomic E-state index is 0.146. The molecule has 0 bridgehead atoms. The second kappa shape index (κ2) is 6.29. The fourth-order valence-electron chi connectivity index (χ4n) is 1.71. The van der Waals surface area contributed by atoms with Gasteiger partial charge in [0.1, 0.15) is 0 Å². The van der Waals surface area contributed by atoms with Gasteiger partial charge in [0.2, 0.25) is 0 Å². The highest BCUT2D eigenvalue weighted by Gasteiger charge is 2.18. The lowest BCUT2D eigenvalue weighted by Crippen LogP contribution is -2.40. The Labute approximate surface area is 123 Å². The first-order chi connectivity index (χ1) is 9.08. The minimum Gasteiger partial charge on any atom is -0.478 e. The molecule has 2 N–H and O–H groups in total. The molecule has 0 aromatic heterocycles. The second-order valence-electron chi connectivity index (χ2n) is 4.03. The third-order valence-corrected chi connectivity index (χ3v) is 4.39. The topological polar surface area (TPSA) is 69.6 Å². The predicted octanol–water partition coefficient (Wildman–Crippen LogP) is 2.73. The largest absolute Gasteiger partial charge is 0.478 e. The number of nitrogens with zero attached hydrogens (tertiary/aromatic N) is 1. The number of rotatable bonds is 2. The lowest BCUT2D eigenvalue weighted by atomic mass is 10.2. The van der Waals surface area contributed by atoms with Crippen LogP contribution in [-0.2, 0) is 0 Å². The van der Waals surface area contributed by atoms with Crippen molar-refractivity contribution in [3.63, 3.8) is 0 Å². The van der Waals surface area contributed by atoms with Gasteiger partial charge < -0.3 is 15.3 Å². The molecule has 1 heterocycles. The lowest BCUT2D eigenvalue weighted by Gasteiger charge is -2.26. The molecule has 2 rings (SSSR count). The van der Waals surface area contributed by atoms with E-state index in [0.717, 1.165) is 11.5 Å². The van der Waals surface area contributed by atoms with Gasteiger partial charge in [-0.25, -0.2) is 9.59 Å². The number of carboxylic acid groups (broad SMARTS) is 1. The number of amides is 2. The molecule has 1 aliphatic heterocycles. The van der Waals surface area contributed by atoms with Gasteiger partial charge in [-0.2, -0.15) is 11.8 Å². The summed E-state index contributed by atoms with van der Waals surface area (Å²) >= 11 is 5.13. The average Bonchev–Trinajstić information content (AvgIpc) is 2.42. The van der Waals surface area contributed by atoms with Gasteiger partial charge in [-0.3, -0.25) is 0 Å². The lowest BCUT2D eigenvalue weighted by molar-refractivity contribution is 0.0697. The number of anilines is 1. The first-order valence-corrected chi connectivity index (χ1v) is 7.69. The van der Waals surface area contributed by atoms with Crippen LogP contribution in [0.25, 0.3) is 0 Å². The van der Waals surface area contributed by atoms with Crippen molar-refractivity contribution in [1.29, 1.82) is 0 Å². The molecule has 102 valence electrons. The van der Waals surface area contributed by atoms with E-state index in [-0.39, 0.29) is 11.6 Å². The van der Waals surface area contributed by atoms with Crippen molar-refractivity contribution in [2.24, 2.45) is 0 Å². The Morgan fingerprint density at radius 1 is 1.32 bits per heavy atom. The molecule has 0 aliphatic carbocycles. The van der Waals surface area contributed by atoms with Crippen molar-refractivity contribution in [2.75, 3.05) is 29.9 Å². The summed E-state index contributed by atoms with van der Waals surface area (Å²) in [4.78, 5) is 24.7. The Balaban J connectivity index is 2.11. The maximum Gasteiger partial charge on any atom is 0.335 e. The summed E-state index contributed by atoms with van der Waals surface area (Å²) in [6, 6.07) is 4.36. The van der Waals surface area contributed by atoms with Crippen LogP contribution in [0.2, 0.25) is 0 Å². The first kappa shape index (κ1) is 14.2. The van der Waals surface area contributed by atoms with Gasteiger partial charge in [0.05, 0.1) is 11.3 Å². The normalized spacial score (nSPS) is 15.1. The van der Waals surface area contributed by atoms with Gasteiger partial charge in [-0.1, -0.05) is 0 Å². The minimum atomic E-state index is -1.02. The highest BCUT2D eigenvalue weighted by atomic mass is 79.9. The summed E-state index contributed by atoms with van der Waals surface area (Å²) in [6.07, 6.45) is 0. The van der Waals surface area contributed by atoms with E-state index in [4.69, 9.17) is 5.11 Å². The number of carbonyl (C=O) groups excluding carboxylic acids is 1. The van der Waals surface area contributed by atoms with Crippen molar-refractivity contribution < 1.29 is 14.7 Å². The van der Waals surface area contributed by atoms with Gasteiger partial charge in [-0.05, 0) is 34.1 Å². The summed E-state index contributed by atoms with van der Waals surface area (Å²) < 4.78 is 0.664. The number of urea groups is 1. The number of nitrogens with one attached hydrogen (secondary N) is 1. The van der Waals surface area contributed by atoms with Crippen LogP contribution in [0, 0.1) is 0 Å². The molecular formula is C12H13BrN2O3S. The fourth-order valence-corrected chi connectivity index (χ4v) is 2.96. The fraction of sp³-hybridized carbons (Fsp3) is 0.333. The molecular weight excluding hydrogens is 332 g/mol. The smallest absolute Gasteiger partial charge is 0.335 e. The van der Waals surface area contributed by atoms with Crippen molar-refractivity contribution in [2.45, 2.75) is 0 Å². The quantitative estimate of drug-likeness (QED) is 0.865. The maximum absolute atomic E-state index is 12.0. The Hall–Kier alpha value is -1.21. The standard InChI is InChI=1S/C12H13BrN2O3S/c13-9-2-1-8(11(16)17)7-10(9)14-12(18)15-3-5-19-6-4-15/h1-2,7H,3-6H2,(H,14,18)(H,16,17). The van der Waals surface area contributed by atoms with E-state index >= 15 is 0 Å². The van der Waals surface area contributed by atoms with Crippen LogP contribution in [0.1, 0.15) is 10.4 Å². The summed E-state index contributed by atoms with van der Waals surface area (Å²) in [5.74, 6) is 0.852. The molecule has 5 nitrogen and oxygen atoms in total. The molecule has 0 saturated carbocycles. The van der Waals surface area contributed by atoms with E-state index in [1.54, 1.807) is 11.0 Å². The zero-order valence-electron chi connectivity index (χ0n) is 10.1. The zero-order chi connectivity index (χ0) is 13.8. The molecule has 1 aromatic rings. The first-order valence-electron chi connectivity index (χ1n) is 5.74. The van der Waals surface area contributed by atoms with Gasteiger partial charge in [-0.15, -0.1) is 0 Å². The highest BCUT2D eigenvalue weighted by Crippen LogP contribution is 2.24. The third-order valence-electron chi connectivity index (χ3n) is 2.75. The summed E-state index contributed by atoms with van der Waals surface area (Å²) in [7, 11) is 0. The molecule has 0 unspecified atom stereocenters. The van der Waals surface area contributed by atoms with Crippen molar-refractivity contribution in [3.8, 4) is 0 Å². The average molecular weight is 345 g/mol. The predicted molar refractivity (Wildman–Crippen MR) is 79.0 cm³/mol. The summed E-state index contributed by atoms with van der Waals surface area (Å²) in [6.45, 7) is 1.43. The Kier molecular flexibility index (Phi) is 4.71. The van der Waals surface area contributed by atoms with Crippen molar-refractivity contribution in [1.82, 2.24) is 4.90 Å². The number of carbonyl (C=O) groups is 2. The van der Waals surface area contributed by atoms with E-state index in [1.165, 1.54) is 12.1 Å². The van der Waals surface area contributed by atoms with Crippen molar-refractivity contribution in [3.05, 3.63) is 28.2 Å². The van der Waals surface area contributed by atoms with E-state index in [1.807, 2.05) is 11.8 Å². The van der Waals surface area contributed by atoms with E-state index in [0.29, 0.717) is 23.2 Å². The van der Waals surface area contributed by atoms with Crippen LogP contribution in [0.4, 0.5) is 10.5 Å². The monoisotopic (exact) mass is 344 g/mol. The van der Waals surface area contributed by atoms with Crippen LogP contribution in [0.15, 0.2) is 22.7 Å². The molecule has 0 atom stereocenters. The SMILES string of the molecule is O=C(O)c1ccc(Br)c(NC(=O)N2CCSCC2)c1. The molecule has 1 aliphatic rings. The van der Waals surface area contributed by atoms with Crippen LogP contribution >= 0.6 is 27.7 Å². The molecule has 0 radical (unpaired) electrons. The van der Waals surface area contributed by atoms with Crippen molar-refractivity contribution >= 4 is 45.4 Å². The number of halogens is 1. The zero-order valence-corrected chi connectivity index (χ0v) is 12.5. The van der Waals surface area contributed by atoms with E-state index < -0.39 is 5.97 Å². The summed E-state index contributed by atoms with van der Waals surface area (Å²) in [5.41, 5.74) is 0.621. The number of thioether (sulfide) groups is 1. The van der Waals surface area contributed by atoms with Crippen LogP contribution in [0.3, 0.4) is 0 Å². The number of aromatic carboxylic acids is 1. The molecule has 1 fully saturated rings. The number of carboxylic acids is 1. The molecule has 19 heavy (non-hydrogen) atoms. The molecule has 1 aromatic carbocycles. The van der Waals surface area contributed by atoms with Crippen LogP contribution < -0.4 is 5.32 Å². The Bertz CT molecular complexity index is 504. The highest BCUT2D eigenvalue weighted by molar-refractivity contribution is 9.10.